The van der Waals surface area contributed by atoms with Gasteiger partial charge >= 0.3 is 0 Å². The summed E-state index contributed by atoms with van der Waals surface area (Å²) < 4.78 is 12.9. The van der Waals surface area contributed by atoms with Crippen LogP contribution in [0.4, 0.5) is 0 Å². The van der Waals surface area contributed by atoms with E-state index >= 15 is 0 Å². The van der Waals surface area contributed by atoms with Gasteiger partial charge in [0.2, 0.25) is 5.88 Å². The molecule has 0 N–H and O–H groups in total. The average molecular weight is 509 g/mol. The molecule has 1 aliphatic rings. The lowest BCUT2D eigenvalue weighted by molar-refractivity contribution is 0.0726. The van der Waals surface area contributed by atoms with E-state index in [2.05, 4.69) is 28.8 Å². The number of carbonyl (C=O) groups excluding carboxylic acids is 1. The van der Waals surface area contributed by atoms with Crippen molar-refractivity contribution in [2.75, 3.05) is 26.9 Å². The maximum absolute atomic E-state index is 13.3. The zero-order chi connectivity index (χ0) is 25.5. The molecule has 5 heterocycles. The van der Waals surface area contributed by atoms with Crippen LogP contribution in [0.15, 0.2) is 49.1 Å². The Morgan fingerprint density at radius 2 is 1.94 bits per heavy atom. The summed E-state index contributed by atoms with van der Waals surface area (Å²) >= 11 is 5.92. The Bertz CT molecular complexity index is 1330. The lowest BCUT2D eigenvalue weighted by atomic mass is 10.1. The van der Waals surface area contributed by atoms with Crippen LogP contribution in [-0.4, -0.2) is 62.0 Å². The minimum absolute atomic E-state index is 0.136. The van der Waals surface area contributed by atoms with Crippen molar-refractivity contribution in [1.29, 1.82) is 0 Å². The zero-order valence-electron chi connectivity index (χ0n) is 20.6. The van der Waals surface area contributed by atoms with Crippen LogP contribution in [0.1, 0.15) is 42.0 Å². The first-order valence-electron chi connectivity index (χ1n) is 11.9. The van der Waals surface area contributed by atoms with E-state index in [4.69, 9.17) is 26.1 Å². The highest BCUT2D eigenvalue weighted by molar-refractivity contribution is 6.29. The fourth-order valence-electron chi connectivity index (χ4n) is 3.79. The topological polar surface area (TPSA) is 94.7 Å². The monoisotopic (exact) mass is 508 g/mol. The minimum atomic E-state index is -0.136. The lowest BCUT2D eigenvalue weighted by Gasteiger charge is -2.29. The van der Waals surface area contributed by atoms with Crippen LogP contribution in [-0.2, 0) is 17.7 Å². The molecule has 1 aliphatic heterocycles. The number of aromatic nitrogens is 5. The maximum Gasteiger partial charge on any atom is 0.275 e. The fraction of sp³-hybridized carbons (Fsp3) is 0.346. The summed E-state index contributed by atoms with van der Waals surface area (Å²) in [5.41, 5.74) is 3.57. The highest BCUT2D eigenvalue weighted by Gasteiger charge is 2.29. The number of hydrogen-bond acceptors (Lipinski definition) is 7. The molecule has 0 atom stereocenters. The number of nitrogens with zero attached hydrogens (tertiary/aromatic N) is 6. The third kappa shape index (κ3) is 5.63. The van der Waals surface area contributed by atoms with Gasteiger partial charge in [0, 0.05) is 38.0 Å². The molecule has 4 aromatic rings. The van der Waals surface area contributed by atoms with Crippen LogP contribution in [0.2, 0.25) is 5.15 Å². The van der Waals surface area contributed by atoms with E-state index in [-0.39, 0.29) is 5.91 Å². The summed E-state index contributed by atoms with van der Waals surface area (Å²) in [4.78, 5) is 32.9. The summed E-state index contributed by atoms with van der Waals surface area (Å²) in [6, 6.07) is 9.18. The molecule has 0 fully saturated rings. The number of methoxy groups -OCH3 is 1. The largest absolute Gasteiger partial charge is 0.475 e. The van der Waals surface area contributed by atoms with Gasteiger partial charge in [-0.25, -0.2) is 15.0 Å². The van der Waals surface area contributed by atoms with Crippen LogP contribution in [0.5, 0.6) is 5.88 Å². The molecule has 188 valence electrons. The molecule has 0 bridgehead atoms. The highest BCUT2D eigenvalue weighted by atomic mass is 35.5. The summed E-state index contributed by atoms with van der Waals surface area (Å²) in [6.07, 6.45) is 6.97. The number of carbonyl (C=O) groups is 1. The first kappa shape index (κ1) is 25.5. The van der Waals surface area contributed by atoms with Crippen LogP contribution in [0, 0.1) is 0 Å². The molecule has 0 saturated carbocycles. The average Bonchev–Trinajstić information content (AvgIpc) is 3.33. The Morgan fingerprint density at radius 3 is 2.69 bits per heavy atom. The Hall–Kier alpha value is -3.56. The van der Waals surface area contributed by atoms with Crippen molar-refractivity contribution in [3.05, 3.63) is 71.2 Å². The van der Waals surface area contributed by atoms with E-state index in [1.54, 1.807) is 30.6 Å². The molecule has 0 unspecified atom stereocenters. The van der Waals surface area contributed by atoms with Crippen molar-refractivity contribution < 1.29 is 14.3 Å². The first-order chi connectivity index (χ1) is 17.5. The molecule has 4 aromatic heterocycles. The standard InChI is InChI=1S/C23H21ClN6O3.C3H8/c1-32-10-11-33-22-16-13-29(23(31)20-18-4-2-3-8-30(18)14-26-20)9-7-17(16)27-21(28-22)15-5-6-19(24)25-12-15;1-3-2/h2-6,8,12,14H,7,9-11,13H2,1H3;3H2,1-2H3. The van der Waals surface area contributed by atoms with E-state index in [0.717, 1.165) is 22.3 Å². The third-order valence-electron chi connectivity index (χ3n) is 5.47. The molecule has 0 radical (unpaired) electrons. The molecule has 9 nitrogen and oxygen atoms in total. The van der Waals surface area contributed by atoms with Crippen molar-refractivity contribution in [2.24, 2.45) is 0 Å². The van der Waals surface area contributed by atoms with Crippen molar-refractivity contribution in [2.45, 2.75) is 33.2 Å². The Labute approximate surface area is 215 Å². The molecule has 1 amide bonds. The number of halogens is 1. The second-order valence-corrected chi connectivity index (χ2v) is 8.65. The fourth-order valence-corrected chi connectivity index (χ4v) is 3.91. The van der Waals surface area contributed by atoms with Crippen LogP contribution in [0.25, 0.3) is 16.9 Å². The molecule has 0 aromatic carbocycles. The minimum Gasteiger partial charge on any atom is -0.475 e. The second-order valence-electron chi connectivity index (χ2n) is 8.26. The van der Waals surface area contributed by atoms with E-state index in [0.29, 0.717) is 55.3 Å². The highest BCUT2D eigenvalue weighted by Crippen LogP contribution is 2.30. The Morgan fingerprint density at radius 1 is 1.11 bits per heavy atom. The van der Waals surface area contributed by atoms with Crippen molar-refractivity contribution in [1.82, 2.24) is 29.2 Å². The van der Waals surface area contributed by atoms with Crippen molar-refractivity contribution in [3.8, 4) is 17.3 Å². The number of pyridine rings is 2. The van der Waals surface area contributed by atoms with Crippen LogP contribution >= 0.6 is 11.6 Å². The number of hydrogen-bond donors (Lipinski definition) is 0. The van der Waals surface area contributed by atoms with Gasteiger partial charge < -0.3 is 18.8 Å². The Balaban J connectivity index is 0.000000967. The molecule has 36 heavy (non-hydrogen) atoms. The van der Waals surface area contributed by atoms with E-state index in [1.807, 2.05) is 34.9 Å². The quantitative estimate of drug-likeness (QED) is 0.280. The summed E-state index contributed by atoms with van der Waals surface area (Å²) in [7, 11) is 1.61. The van der Waals surface area contributed by atoms with Gasteiger partial charge in [0.05, 0.1) is 29.9 Å². The van der Waals surface area contributed by atoms with Gasteiger partial charge in [-0.15, -0.1) is 0 Å². The molecule has 0 saturated heterocycles. The number of imidazole rings is 1. The normalized spacial score (nSPS) is 12.6. The number of amides is 1. The van der Waals surface area contributed by atoms with E-state index in [9.17, 15) is 4.79 Å². The van der Waals surface area contributed by atoms with Gasteiger partial charge in [0.25, 0.3) is 5.91 Å². The lowest BCUT2D eigenvalue weighted by Crippen LogP contribution is -2.37. The number of fused-ring (bicyclic) bond motifs is 2. The molecule has 0 spiro atoms. The van der Waals surface area contributed by atoms with Gasteiger partial charge in [-0.2, -0.15) is 4.98 Å². The molecular formula is C26H29ClN6O3. The zero-order valence-corrected chi connectivity index (χ0v) is 21.4. The SMILES string of the molecule is CCC.COCCOc1nc(-c2ccc(Cl)nc2)nc2c1CN(C(=O)c1ncn3ccccc13)CC2. The smallest absolute Gasteiger partial charge is 0.275 e. The van der Waals surface area contributed by atoms with Gasteiger partial charge in [-0.3, -0.25) is 4.79 Å². The number of rotatable bonds is 6. The van der Waals surface area contributed by atoms with Crippen LogP contribution < -0.4 is 4.74 Å². The van der Waals surface area contributed by atoms with Gasteiger partial charge in [0.15, 0.2) is 11.5 Å². The van der Waals surface area contributed by atoms with E-state index < -0.39 is 0 Å². The molecular weight excluding hydrogens is 480 g/mol. The maximum atomic E-state index is 13.3. The van der Waals surface area contributed by atoms with Gasteiger partial charge in [-0.1, -0.05) is 37.9 Å². The predicted molar refractivity (Wildman–Crippen MR) is 137 cm³/mol. The molecule has 0 aliphatic carbocycles. The van der Waals surface area contributed by atoms with Crippen molar-refractivity contribution >= 4 is 23.0 Å². The van der Waals surface area contributed by atoms with Gasteiger partial charge in [-0.05, 0) is 24.3 Å². The predicted octanol–water partition coefficient (Wildman–Crippen LogP) is 4.48. The number of ether oxygens (including phenoxy) is 2. The van der Waals surface area contributed by atoms with Crippen molar-refractivity contribution in [3.63, 3.8) is 0 Å². The summed E-state index contributed by atoms with van der Waals surface area (Å²) in [5.74, 6) is 0.808. The Kier molecular flexibility index (Phi) is 8.45. The second kappa shape index (κ2) is 11.9. The van der Waals surface area contributed by atoms with Gasteiger partial charge in [0.1, 0.15) is 18.1 Å². The first-order valence-corrected chi connectivity index (χ1v) is 12.3. The third-order valence-corrected chi connectivity index (χ3v) is 5.69. The molecule has 10 heteroatoms. The van der Waals surface area contributed by atoms with E-state index in [1.165, 1.54) is 6.42 Å². The van der Waals surface area contributed by atoms with Crippen LogP contribution in [0.3, 0.4) is 0 Å². The molecule has 5 rings (SSSR count). The summed E-state index contributed by atoms with van der Waals surface area (Å²) in [5, 5.41) is 0.397. The summed E-state index contributed by atoms with van der Waals surface area (Å²) in [6.45, 7) is 5.85.